The highest BCUT2D eigenvalue weighted by Crippen LogP contribution is 2.31. The van der Waals surface area contributed by atoms with Gasteiger partial charge in [-0.3, -0.25) is 4.79 Å². The minimum atomic E-state index is -0.497. The Balaban J connectivity index is 1.39. The average Bonchev–Trinajstić information content (AvgIpc) is 3.18. The van der Waals surface area contributed by atoms with Gasteiger partial charge in [0.1, 0.15) is 23.6 Å². The zero-order valence-corrected chi connectivity index (χ0v) is 15.9. The molecule has 2 saturated heterocycles. The van der Waals surface area contributed by atoms with Gasteiger partial charge < -0.3 is 24.4 Å². The maximum atomic E-state index is 12.8. The third-order valence-electron chi connectivity index (χ3n) is 4.95. The van der Waals surface area contributed by atoms with E-state index in [1.54, 1.807) is 11.0 Å². The van der Waals surface area contributed by atoms with Crippen LogP contribution >= 0.6 is 0 Å². The molecule has 3 heterocycles. The van der Waals surface area contributed by atoms with Gasteiger partial charge in [-0.05, 0) is 31.2 Å². The number of amides is 1. The van der Waals surface area contributed by atoms with Crippen molar-refractivity contribution in [3.63, 3.8) is 0 Å². The first kappa shape index (κ1) is 18.6. The lowest BCUT2D eigenvalue weighted by molar-refractivity contribution is -0.181. The normalized spacial score (nSPS) is 18.2. The summed E-state index contributed by atoms with van der Waals surface area (Å²) in [5, 5.41) is 3.19. The summed E-state index contributed by atoms with van der Waals surface area (Å²) in [6.45, 7) is 5.00. The van der Waals surface area contributed by atoms with Crippen LogP contribution in [0.4, 0.5) is 11.5 Å². The second-order valence-corrected chi connectivity index (χ2v) is 6.77. The van der Waals surface area contributed by atoms with Gasteiger partial charge in [0.05, 0.1) is 19.8 Å². The van der Waals surface area contributed by atoms with Crippen LogP contribution in [0.3, 0.4) is 0 Å². The van der Waals surface area contributed by atoms with E-state index in [-0.39, 0.29) is 5.91 Å². The van der Waals surface area contributed by atoms with Gasteiger partial charge in [0.2, 0.25) is 0 Å². The van der Waals surface area contributed by atoms with Gasteiger partial charge in [0, 0.05) is 37.7 Å². The quantitative estimate of drug-likeness (QED) is 0.848. The number of carbonyl (C=O) groups is 1. The number of anilines is 2. The second-order valence-electron chi connectivity index (χ2n) is 6.77. The Morgan fingerprint density at radius 3 is 2.57 bits per heavy atom. The van der Waals surface area contributed by atoms with Crippen LogP contribution in [0.1, 0.15) is 30.3 Å². The van der Waals surface area contributed by atoms with Crippen molar-refractivity contribution in [1.29, 1.82) is 0 Å². The van der Waals surface area contributed by atoms with E-state index in [0.29, 0.717) is 57.3 Å². The molecule has 0 bridgehead atoms. The fraction of sp³-hybridized carbons (Fsp3) is 0.450. The third kappa shape index (κ3) is 4.07. The fourth-order valence-electron chi connectivity index (χ4n) is 3.49. The summed E-state index contributed by atoms with van der Waals surface area (Å²) >= 11 is 0. The van der Waals surface area contributed by atoms with Crippen LogP contribution in [0.15, 0.2) is 36.7 Å². The molecule has 1 aromatic heterocycles. The molecule has 0 aliphatic carbocycles. The van der Waals surface area contributed by atoms with Crippen molar-refractivity contribution >= 4 is 17.4 Å². The number of ether oxygens (including phenoxy) is 3. The summed E-state index contributed by atoms with van der Waals surface area (Å²) in [6.07, 6.45) is 2.76. The molecule has 2 aliphatic heterocycles. The van der Waals surface area contributed by atoms with Crippen molar-refractivity contribution < 1.29 is 19.0 Å². The minimum absolute atomic E-state index is 0.106. The number of likely N-dealkylation sites (tertiary alicyclic amines) is 1. The van der Waals surface area contributed by atoms with Crippen LogP contribution in [0.25, 0.3) is 0 Å². The Morgan fingerprint density at radius 1 is 1.18 bits per heavy atom. The number of hydrogen-bond donors (Lipinski definition) is 1. The Labute approximate surface area is 163 Å². The molecule has 2 aliphatic rings. The molecule has 1 amide bonds. The van der Waals surface area contributed by atoms with Crippen molar-refractivity contribution in [3.05, 3.63) is 42.4 Å². The Hall–Kier alpha value is -2.71. The van der Waals surface area contributed by atoms with E-state index in [1.807, 2.05) is 31.2 Å². The standard InChI is InChI=1S/C20H24N4O4/c1-2-26-16-5-3-15(4-6-16)23-18-13-17(21-14-22-18)19(25)24-9-7-20(8-10-24)27-11-12-28-20/h3-6,13-14H,2,7-12H2,1H3,(H,21,22,23). The molecular weight excluding hydrogens is 360 g/mol. The van der Waals surface area contributed by atoms with E-state index in [9.17, 15) is 4.79 Å². The second kappa shape index (κ2) is 8.12. The summed E-state index contributed by atoms with van der Waals surface area (Å²) in [6, 6.07) is 9.25. The molecule has 0 radical (unpaired) electrons. The van der Waals surface area contributed by atoms with Gasteiger partial charge in [-0.15, -0.1) is 0 Å². The van der Waals surface area contributed by atoms with Crippen LogP contribution in [0.2, 0.25) is 0 Å². The highest BCUT2D eigenvalue weighted by atomic mass is 16.7. The molecule has 2 fully saturated rings. The summed E-state index contributed by atoms with van der Waals surface area (Å²) in [4.78, 5) is 23.0. The number of hydrogen-bond acceptors (Lipinski definition) is 7. The SMILES string of the molecule is CCOc1ccc(Nc2cc(C(=O)N3CCC4(CC3)OCCO4)ncn2)cc1. The molecule has 4 rings (SSSR count). The van der Waals surface area contributed by atoms with E-state index in [2.05, 4.69) is 15.3 Å². The largest absolute Gasteiger partial charge is 0.494 e. The van der Waals surface area contributed by atoms with Crippen molar-refractivity contribution in [1.82, 2.24) is 14.9 Å². The molecule has 1 aromatic carbocycles. The summed E-state index contributed by atoms with van der Waals surface area (Å²) < 4.78 is 16.9. The van der Waals surface area contributed by atoms with Crippen LogP contribution in [0, 0.1) is 0 Å². The maximum Gasteiger partial charge on any atom is 0.272 e. The van der Waals surface area contributed by atoms with Gasteiger partial charge in [0.15, 0.2) is 5.79 Å². The van der Waals surface area contributed by atoms with Crippen LogP contribution in [0.5, 0.6) is 5.75 Å². The molecular formula is C20H24N4O4. The predicted octanol–water partition coefficient (Wildman–Crippen LogP) is 2.60. The van der Waals surface area contributed by atoms with E-state index in [4.69, 9.17) is 14.2 Å². The molecule has 8 heteroatoms. The Kier molecular flexibility index (Phi) is 5.40. The number of benzene rings is 1. The van der Waals surface area contributed by atoms with Crippen LogP contribution < -0.4 is 10.1 Å². The molecule has 28 heavy (non-hydrogen) atoms. The number of nitrogens with one attached hydrogen (secondary N) is 1. The Bertz CT molecular complexity index is 811. The lowest BCUT2D eigenvalue weighted by atomic mass is 10.0. The lowest BCUT2D eigenvalue weighted by Gasteiger charge is -2.37. The van der Waals surface area contributed by atoms with Crippen molar-refractivity contribution in [2.24, 2.45) is 0 Å². The Morgan fingerprint density at radius 2 is 1.89 bits per heavy atom. The molecule has 2 aromatic rings. The predicted molar refractivity (Wildman–Crippen MR) is 103 cm³/mol. The van der Waals surface area contributed by atoms with Gasteiger partial charge in [-0.1, -0.05) is 0 Å². The first-order valence-corrected chi connectivity index (χ1v) is 9.57. The van der Waals surface area contributed by atoms with Crippen molar-refractivity contribution in [2.75, 3.05) is 38.2 Å². The third-order valence-corrected chi connectivity index (χ3v) is 4.95. The zero-order chi connectivity index (χ0) is 19.4. The molecule has 8 nitrogen and oxygen atoms in total. The summed E-state index contributed by atoms with van der Waals surface area (Å²) in [7, 11) is 0. The van der Waals surface area contributed by atoms with E-state index in [0.717, 1.165) is 11.4 Å². The number of aromatic nitrogens is 2. The first-order chi connectivity index (χ1) is 13.7. The first-order valence-electron chi connectivity index (χ1n) is 9.57. The molecule has 0 unspecified atom stereocenters. The van der Waals surface area contributed by atoms with Gasteiger partial charge in [-0.2, -0.15) is 0 Å². The smallest absolute Gasteiger partial charge is 0.272 e. The summed E-state index contributed by atoms with van der Waals surface area (Å²) in [5.41, 5.74) is 1.23. The monoisotopic (exact) mass is 384 g/mol. The van der Waals surface area contributed by atoms with Gasteiger partial charge in [-0.25, -0.2) is 9.97 Å². The van der Waals surface area contributed by atoms with Crippen LogP contribution in [-0.2, 0) is 9.47 Å². The van der Waals surface area contributed by atoms with E-state index in [1.165, 1.54) is 6.33 Å². The molecule has 1 N–H and O–H groups in total. The zero-order valence-electron chi connectivity index (χ0n) is 15.9. The van der Waals surface area contributed by atoms with E-state index >= 15 is 0 Å². The van der Waals surface area contributed by atoms with Crippen molar-refractivity contribution in [3.8, 4) is 5.75 Å². The maximum absolute atomic E-state index is 12.8. The number of carbonyl (C=O) groups excluding carboxylic acids is 1. The van der Waals surface area contributed by atoms with Crippen LogP contribution in [-0.4, -0.2) is 59.5 Å². The number of piperidine rings is 1. The molecule has 0 saturated carbocycles. The highest BCUT2D eigenvalue weighted by molar-refractivity contribution is 5.93. The topological polar surface area (TPSA) is 85.8 Å². The highest BCUT2D eigenvalue weighted by Gasteiger charge is 2.41. The number of nitrogens with zero attached hydrogens (tertiary/aromatic N) is 3. The molecule has 148 valence electrons. The number of rotatable bonds is 5. The average molecular weight is 384 g/mol. The van der Waals surface area contributed by atoms with Crippen molar-refractivity contribution in [2.45, 2.75) is 25.6 Å². The summed E-state index contributed by atoms with van der Waals surface area (Å²) in [5.74, 6) is 0.774. The minimum Gasteiger partial charge on any atom is -0.494 e. The van der Waals surface area contributed by atoms with E-state index < -0.39 is 5.79 Å². The van der Waals surface area contributed by atoms with Gasteiger partial charge in [0.25, 0.3) is 5.91 Å². The lowest BCUT2D eigenvalue weighted by Crippen LogP contribution is -2.47. The molecule has 0 atom stereocenters. The van der Waals surface area contributed by atoms with Gasteiger partial charge >= 0.3 is 0 Å². The fourth-order valence-corrected chi connectivity index (χ4v) is 3.49. The molecule has 1 spiro atoms.